The summed E-state index contributed by atoms with van der Waals surface area (Å²) in [6.45, 7) is 25.6. The smallest absolute Gasteiger partial charge is 0.225 e. The second kappa shape index (κ2) is 23.8. The third-order valence-electron chi connectivity index (χ3n) is 7.83. The van der Waals surface area contributed by atoms with Gasteiger partial charge in [0.25, 0.3) is 0 Å². The number of hydrogen-bond acceptors (Lipinski definition) is 5. The lowest BCUT2D eigenvalue weighted by molar-refractivity contribution is -0.150. The SMILES string of the molecule is C=C(C)C(C)C.CC.CCC(CC)N(CC(OC)OC)C(=O)CCOCCc1cccc(CN2CCC(C)CC2)c1. The van der Waals surface area contributed by atoms with Crippen LogP contribution in [-0.2, 0) is 32.0 Å². The maximum absolute atomic E-state index is 12.9. The molecule has 41 heavy (non-hydrogen) atoms. The van der Waals surface area contributed by atoms with E-state index in [0.717, 1.165) is 31.7 Å². The molecule has 0 unspecified atom stereocenters. The number of benzene rings is 1. The van der Waals surface area contributed by atoms with Crippen LogP contribution in [-0.4, -0.2) is 75.1 Å². The van der Waals surface area contributed by atoms with Gasteiger partial charge in [-0.2, -0.15) is 0 Å². The summed E-state index contributed by atoms with van der Waals surface area (Å²) in [5.74, 6) is 1.62. The number of allylic oxidation sites excluding steroid dienone is 1. The van der Waals surface area contributed by atoms with Gasteiger partial charge >= 0.3 is 0 Å². The molecule has 1 heterocycles. The van der Waals surface area contributed by atoms with E-state index >= 15 is 0 Å². The first-order valence-corrected chi connectivity index (χ1v) is 16.0. The van der Waals surface area contributed by atoms with Crippen LogP contribution in [0, 0.1) is 11.8 Å². The highest BCUT2D eigenvalue weighted by Gasteiger charge is 2.24. The zero-order valence-corrected chi connectivity index (χ0v) is 28.3. The zero-order chi connectivity index (χ0) is 31.2. The zero-order valence-electron chi connectivity index (χ0n) is 28.3. The van der Waals surface area contributed by atoms with E-state index in [2.05, 4.69) is 70.4 Å². The lowest BCUT2D eigenvalue weighted by Gasteiger charge is -2.33. The van der Waals surface area contributed by atoms with Gasteiger partial charge < -0.3 is 19.1 Å². The minimum atomic E-state index is -0.406. The summed E-state index contributed by atoms with van der Waals surface area (Å²) in [6.07, 6.45) is 5.27. The topological polar surface area (TPSA) is 51.2 Å². The van der Waals surface area contributed by atoms with Crippen molar-refractivity contribution in [2.24, 2.45) is 11.8 Å². The molecule has 1 aromatic rings. The van der Waals surface area contributed by atoms with Gasteiger partial charge in [0.15, 0.2) is 6.29 Å². The summed E-state index contributed by atoms with van der Waals surface area (Å²) < 4.78 is 16.5. The van der Waals surface area contributed by atoms with Crippen molar-refractivity contribution in [2.75, 3.05) is 47.1 Å². The summed E-state index contributed by atoms with van der Waals surface area (Å²) in [5.41, 5.74) is 3.93. The van der Waals surface area contributed by atoms with E-state index in [1.54, 1.807) is 14.2 Å². The van der Waals surface area contributed by atoms with Crippen molar-refractivity contribution in [3.05, 3.63) is 47.5 Å². The van der Waals surface area contributed by atoms with Gasteiger partial charge in [0.05, 0.1) is 26.2 Å². The van der Waals surface area contributed by atoms with Crippen LogP contribution in [0.1, 0.15) is 98.6 Å². The Morgan fingerprint density at radius 2 is 1.61 bits per heavy atom. The summed E-state index contributed by atoms with van der Waals surface area (Å²) >= 11 is 0. The highest BCUT2D eigenvalue weighted by molar-refractivity contribution is 5.76. The Morgan fingerprint density at radius 1 is 1.05 bits per heavy atom. The molecule has 0 spiro atoms. The number of piperidine rings is 1. The number of methoxy groups -OCH3 is 2. The molecule has 1 aliphatic heterocycles. The van der Waals surface area contributed by atoms with Gasteiger partial charge in [-0.05, 0) is 75.1 Å². The molecule has 0 bridgehead atoms. The van der Waals surface area contributed by atoms with Crippen molar-refractivity contribution < 1.29 is 19.0 Å². The molecule has 1 amide bonds. The average Bonchev–Trinajstić information content (AvgIpc) is 2.98. The van der Waals surface area contributed by atoms with Crippen molar-refractivity contribution in [1.29, 1.82) is 0 Å². The number of carbonyl (C=O) groups excluding carboxylic acids is 1. The maximum Gasteiger partial charge on any atom is 0.225 e. The van der Waals surface area contributed by atoms with Crippen LogP contribution < -0.4 is 0 Å². The van der Waals surface area contributed by atoms with E-state index in [9.17, 15) is 4.79 Å². The second-order valence-corrected chi connectivity index (χ2v) is 11.3. The van der Waals surface area contributed by atoms with Crippen LogP contribution in [0.25, 0.3) is 0 Å². The number of carbonyl (C=O) groups is 1. The molecule has 1 aromatic carbocycles. The lowest BCUT2D eigenvalue weighted by Crippen LogP contribution is -2.45. The summed E-state index contributed by atoms with van der Waals surface area (Å²) in [7, 11) is 3.21. The predicted octanol–water partition coefficient (Wildman–Crippen LogP) is 7.75. The van der Waals surface area contributed by atoms with E-state index in [1.165, 1.54) is 42.6 Å². The Hall–Kier alpha value is -1.73. The Bertz CT molecular complexity index is 797. The van der Waals surface area contributed by atoms with Crippen molar-refractivity contribution in [3.63, 3.8) is 0 Å². The van der Waals surface area contributed by atoms with Crippen LogP contribution in [0.15, 0.2) is 36.4 Å². The van der Waals surface area contributed by atoms with Gasteiger partial charge in [0.2, 0.25) is 5.91 Å². The monoisotopic (exact) mass is 576 g/mol. The molecule has 6 nitrogen and oxygen atoms in total. The minimum absolute atomic E-state index is 0.0978. The molecule has 0 aromatic heterocycles. The molecular weight excluding hydrogens is 512 g/mol. The van der Waals surface area contributed by atoms with Crippen molar-refractivity contribution >= 4 is 5.91 Å². The molecule has 1 saturated heterocycles. The molecule has 2 rings (SSSR count). The second-order valence-electron chi connectivity index (χ2n) is 11.3. The molecule has 0 radical (unpaired) electrons. The normalized spacial score (nSPS) is 14.0. The number of nitrogens with zero attached hydrogens (tertiary/aromatic N) is 2. The average molecular weight is 577 g/mol. The van der Waals surface area contributed by atoms with Crippen LogP contribution >= 0.6 is 0 Å². The van der Waals surface area contributed by atoms with E-state index in [1.807, 2.05) is 25.7 Å². The number of ether oxygens (including phenoxy) is 3. The fourth-order valence-electron chi connectivity index (χ4n) is 4.55. The van der Waals surface area contributed by atoms with Crippen molar-refractivity contribution in [3.8, 4) is 0 Å². The Morgan fingerprint density at radius 3 is 2.12 bits per heavy atom. The third kappa shape index (κ3) is 17.1. The Labute approximate surface area is 253 Å². The minimum Gasteiger partial charge on any atom is -0.381 e. The van der Waals surface area contributed by atoms with Crippen LogP contribution in [0.4, 0.5) is 0 Å². The first-order valence-electron chi connectivity index (χ1n) is 16.0. The fraction of sp³-hybridized carbons (Fsp3) is 0.743. The Kier molecular flexibility index (Phi) is 22.8. The van der Waals surface area contributed by atoms with Gasteiger partial charge in [-0.3, -0.25) is 9.69 Å². The number of likely N-dealkylation sites (tertiary alicyclic amines) is 1. The summed E-state index contributed by atoms with van der Waals surface area (Å²) in [4.78, 5) is 17.3. The molecule has 238 valence electrons. The first-order chi connectivity index (χ1) is 19.6. The standard InChI is InChI=1S/C27H46N2O4.C6H12.C2H6/c1-6-25(7-2)29(21-27(31-4)32-5)26(30)14-18-33-17-13-23-9-8-10-24(19-23)20-28-15-11-22(3)12-16-28;1-5(2)6(3)4;1-2/h8-10,19,22,25,27H,6-7,11-18,20-21H2,1-5H3;6H,1H2,2-4H3;1-2H3. The predicted molar refractivity (Wildman–Crippen MR) is 174 cm³/mol. The van der Waals surface area contributed by atoms with E-state index in [0.29, 0.717) is 32.1 Å². The van der Waals surface area contributed by atoms with Crippen LogP contribution in [0.5, 0.6) is 0 Å². The number of amides is 1. The molecule has 0 saturated carbocycles. The fourth-order valence-corrected chi connectivity index (χ4v) is 4.55. The van der Waals surface area contributed by atoms with Gasteiger partial charge in [0.1, 0.15) is 0 Å². The van der Waals surface area contributed by atoms with Crippen molar-refractivity contribution in [2.45, 2.75) is 113 Å². The third-order valence-corrected chi connectivity index (χ3v) is 7.83. The molecule has 1 fully saturated rings. The Balaban J connectivity index is 0.00000177. The highest BCUT2D eigenvalue weighted by Crippen LogP contribution is 2.19. The maximum atomic E-state index is 12.9. The summed E-state index contributed by atoms with van der Waals surface area (Å²) in [6, 6.07) is 9.03. The largest absolute Gasteiger partial charge is 0.381 e. The lowest BCUT2D eigenvalue weighted by atomic mass is 9.98. The van der Waals surface area contributed by atoms with Crippen LogP contribution in [0.3, 0.4) is 0 Å². The van der Waals surface area contributed by atoms with E-state index in [-0.39, 0.29) is 11.9 Å². The molecule has 6 heteroatoms. The van der Waals surface area contributed by atoms with Gasteiger partial charge in [-0.15, -0.1) is 0 Å². The molecule has 0 atom stereocenters. The van der Waals surface area contributed by atoms with Gasteiger partial charge in [-0.1, -0.05) is 84.9 Å². The van der Waals surface area contributed by atoms with Crippen molar-refractivity contribution in [1.82, 2.24) is 9.80 Å². The quantitative estimate of drug-likeness (QED) is 0.114. The molecule has 1 aliphatic rings. The number of hydrogen-bond donors (Lipinski definition) is 0. The van der Waals surface area contributed by atoms with Crippen LogP contribution in [0.2, 0.25) is 0 Å². The first kappa shape index (κ1) is 39.3. The van der Waals surface area contributed by atoms with E-state index in [4.69, 9.17) is 14.2 Å². The molecule has 0 N–H and O–H groups in total. The van der Waals surface area contributed by atoms with Gasteiger partial charge in [0, 0.05) is 26.8 Å². The highest BCUT2D eigenvalue weighted by atomic mass is 16.7. The molecule has 0 aliphatic carbocycles. The van der Waals surface area contributed by atoms with Gasteiger partial charge in [-0.25, -0.2) is 0 Å². The molecular formula is C35H64N2O4. The summed E-state index contributed by atoms with van der Waals surface area (Å²) in [5, 5.41) is 0. The number of rotatable bonds is 16. The van der Waals surface area contributed by atoms with E-state index < -0.39 is 6.29 Å².